The first-order valence-electron chi connectivity index (χ1n) is 6.29. The molecule has 1 saturated carbocycles. The van der Waals surface area contributed by atoms with Gasteiger partial charge in [0.05, 0.1) is 11.0 Å². The second-order valence-corrected chi connectivity index (χ2v) is 5.96. The van der Waals surface area contributed by atoms with Gasteiger partial charge in [-0.2, -0.15) is 0 Å². The van der Waals surface area contributed by atoms with Crippen molar-refractivity contribution < 1.29 is 14.3 Å². The van der Waals surface area contributed by atoms with Crippen LogP contribution in [0.1, 0.15) is 22.5 Å². The molecule has 1 aromatic heterocycles. The summed E-state index contributed by atoms with van der Waals surface area (Å²) in [5.41, 5.74) is 0. The molecule has 3 rings (SSSR count). The molecule has 1 aromatic carbocycles. The van der Waals surface area contributed by atoms with Crippen LogP contribution >= 0.6 is 11.3 Å². The first-order chi connectivity index (χ1) is 9.15. The minimum atomic E-state index is -0.463. The molecule has 100 valence electrons. The molecule has 1 aliphatic carbocycles. The predicted molar refractivity (Wildman–Crippen MR) is 72.8 cm³/mol. The fraction of sp³-hybridized carbons (Fsp3) is 0.357. The van der Waals surface area contributed by atoms with Crippen molar-refractivity contribution in [2.45, 2.75) is 18.9 Å². The highest BCUT2D eigenvalue weighted by atomic mass is 32.1. The van der Waals surface area contributed by atoms with E-state index in [1.165, 1.54) is 17.4 Å². The first-order valence-corrected chi connectivity index (χ1v) is 7.11. The molecule has 0 bridgehead atoms. The number of hydrogen-bond acceptors (Lipinski definition) is 3. The van der Waals surface area contributed by atoms with Crippen molar-refractivity contribution in [3.63, 3.8) is 0 Å². The van der Waals surface area contributed by atoms with Crippen molar-refractivity contribution >= 4 is 27.3 Å². The molecule has 1 fully saturated rings. The largest absolute Gasteiger partial charge is 0.391 e. The lowest BCUT2D eigenvalue weighted by Gasteiger charge is -2.09. The number of carbonyl (C=O) groups excluding carboxylic acids is 1. The number of hydrogen-bond donors (Lipinski definition) is 2. The third-order valence-corrected chi connectivity index (χ3v) is 4.47. The Labute approximate surface area is 114 Å². The lowest BCUT2D eigenvalue weighted by atomic mass is 10.2. The Balaban J connectivity index is 1.72. The molecule has 0 spiro atoms. The smallest absolute Gasteiger partial charge is 0.261 e. The number of carbonyl (C=O) groups is 1. The molecule has 0 aliphatic heterocycles. The van der Waals surface area contributed by atoms with Gasteiger partial charge in [-0.1, -0.05) is 6.07 Å². The van der Waals surface area contributed by atoms with E-state index in [1.54, 1.807) is 18.2 Å². The minimum absolute atomic E-state index is 0.250. The van der Waals surface area contributed by atoms with Crippen molar-refractivity contribution in [1.82, 2.24) is 5.32 Å². The summed E-state index contributed by atoms with van der Waals surface area (Å²) in [7, 11) is 0. The molecule has 5 heteroatoms. The second-order valence-electron chi connectivity index (χ2n) is 4.88. The van der Waals surface area contributed by atoms with Crippen molar-refractivity contribution in [2.24, 2.45) is 5.92 Å². The number of fused-ring (bicyclic) bond motifs is 1. The number of amides is 1. The molecule has 1 amide bonds. The minimum Gasteiger partial charge on any atom is -0.391 e. The van der Waals surface area contributed by atoms with Crippen LogP contribution in [0.25, 0.3) is 10.1 Å². The van der Waals surface area contributed by atoms with Crippen LogP contribution in [0.5, 0.6) is 0 Å². The number of halogens is 1. The molecule has 1 unspecified atom stereocenters. The summed E-state index contributed by atoms with van der Waals surface area (Å²) in [6.07, 6.45) is 1.60. The molecule has 0 saturated heterocycles. The number of aliphatic hydroxyl groups is 1. The maximum absolute atomic E-state index is 13.5. The van der Waals surface area contributed by atoms with Crippen LogP contribution in [-0.2, 0) is 0 Å². The van der Waals surface area contributed by atoms with Crippen molar-refractivity contribution in [1.29, 1.82) is 0 Å². The normalized spacial score (nSPS) is 16.5. The Morgan fingerprint density at radius 3 is 3.00 bits per heavy atom. The summed E-state index contributed by atoms with van der Waals surface area (Å²) in [4.78, 5) is 12.4. The van der Waals surface area contributed by atoms with Crippen LogP contribution in [0.3, 0.4) is 0 Å². The zero-order valence-corrected chi connectivity index (χ0v) is 11.0. The third-order valence-electron chi connectivity index (χ3n) is 3.37. The van der Waals surface area contributed by atoms with E-state index in [1.807, 2.05) is 0 Å². The Kier molecular flexibility index (Phi) is 3.24. The Hall–Kier alpha value is -1.46. The Morgan fingerprint density at radius 2 is 2.32 bits per heavy atom. The topological polar surface area (TPSA) is 49.3 Å². The fourth-order valence-corrected chi connectivity index (χ4v) is 3.06. The highest BCUT2D eigenvalue weighted by Crippen LogP contribution is 2.32. The van der Waals surface area contributed by atoms with Crippen LogP contribution in [-0.4, -0.2) is 23.7 Å². The summed E-state index contributed by atoms with van der Waals surface area (Å²) in [6.45, 7) is 0.264. The van der Waals surface area contributed by atoms with Gasteiger partial charge in [-0.3, -0.25) is 4.79 Å². The summed E-state index contributed by atoms with van der Waals surface area (Å²) < 4.78 is 14.3. The molecule has 3 nitrogen and oxygen atoms in total. The number of rotatable bonds is 4. The van der Waals surface area contributed by atoms with E-state index in [-0.39, 0.29) is 18.3 Å². The molecule has 1 atom stereocenters. The Bertz CT molecular complexity index is 621. The number of aliphatic hydroxyl groups excluding tert-OH is 1. The number of nitrogens with one attached hydrogen (secondary N) is 1. The maximum Gasteiger partial charge on any atom is 0.261 e. The van der Waals surface area contributed by atoms with Crippen LogP contribution in [0.4, 0.5) is 4.39 Å². The van der Waals surface area contributed by atoms with E-state index in [4.69, 9.17) is 0 Å². The van der Waals surface area contributed by atoms with Gasteiger partial charge >= 0.3 is 0 Å². The van der Waals surface area contributed by atoms with Crippen LogP contribution in [0.15, 0.2) is 24.3 Å². The highest BCUT2D eigenvalue weighted by molar-refractivity contribution is 7.20. The molecular formula is C14H14FNO2S. The van der Waals surface area contributed by atoms with E-state index < -0.39 is 6.10 Å². The van der Waals surface area contributed by atoms with Gasteiger partial charge in [-0.25, -0.2) is 4.39 Å². The SMILES string of the molecule is O=C(NCC(O)C1CC1)c1cc2c(F)cccc2s1. The van der Waals surface area contributed by atoms with Crippen molar-refractivity contribution in [2.75, 3.05) is 6.54 Å². The average molecular weight is 279 g/mol. The molecular weight excluding hydrogens is 265 g/mol. The van der Waals surface area contributed by atoms with E-state index in [9.17, 15) is 14.3 Å². The Morgan fingerprint density at radius 1 is 1.53 bits per heavy atom. The second kappa shape index (κ2) is 4.90. The summed E-state index contributed by atoms with van der Waals surface area (Å²) >= 11 is 1.26. The molecule has 1 aliphatic rings. The predicted octanol–water partition coefficient (Wildman–Crippen LogP) is 2.54. The maximum atomic E-state index is 13.5. The lowest BCUT2D eigenvalue weighted by Crippen LogP contribution is -2.32. The number of benzene rings is 1. The fourth-order valence-electron chi connectivity index (χ4n) is 2.07. The van der Waals surface area contributed by atoms with Crippen LogP contribution < -0.4 is 5.32 Å². The van der Waals surface area contributed by atoms with Gasteiger partial charge in [-0.05, 0) is 37.0 Å². The van der Waals surface area contributed by atoms with Gasteiger partial charge in [0.2, 0.25) is 0 Å². The highest BCUT2D eigenvalue weighted by Gasteiger charge is 2.29. The monoisotopic (exact) mass is 279 g/mol. The lowest BCUT2D eigenvalue weighted by molar-refractivity contribution is 0.0905. The molecule has 2 aromatic rings. The van der Waals surface area contributed by atoms with Gasteiger partial charge in [0, 0.05) is 16.6 Å². The van der Waals surface area contributed by atoms with Gasteiger partial charge in [0.15, 0.2) is 0 Å². The standard InChI is InChI=1S/C14H14FNO2S/c15-10-2-1-3-12-9(10)6-13(19-12)14(18)16-7-11(17)8-4-5-8/h1-3,6,8,11,17H,4-5,7H2,(H,16,18). The zero-order chi connectivity index (χ0) is 13.4. The van der Waals surface area contributed by atoms with Gasteiger partial charge in [0.25, 0.3) is 5.91 Å². The average Bonchev–Trinajstić information content (AvgIpc) is 3.15. The van der Waals surface area contributed by atoms with Gasteiger partial charge < -0.3 is 10.4 Å². The van der Waals surface area contributed by atoms with E-state index in [0.717, 1.165) is 17.5 Å². The quantitative estimate of drug-likeness (QED) is 0.903. The molecule has 2 N–H and O–H groups in total. The molecule has 19 heavy (non-hydrogen) atoms. The zero-order valence-electron chi connectivity index (χ0n) is 10.2. The van der Waals surface area contributed by atoms with Crippen LogP contribution in [0.2, 0.25) is 0 Å². The summed E-state index contributed by atoms with van der Waals surface area (Å²) in [6, 6.07) is 6.37. The number of thiophene rings is 1. The van der Waals surface area contributed by atoms with Gasteiger partial charge in [-0.15, -0.1) is 11.3 Å². The third kappa shape index (κ3) is 2.62. The van der Waals surface area contributed by atoms with Crippen molar-refractivity contribution in [3.05, 3.63) is 35.0 Å². The summed E-state index contributed by atoms with van der Waals surface area (Å²) in [5, 5.41) is 12.9. The van der Waals surface area contributed by atoms with Crippen molar-refractivity contribution in [3.8, 4) is 0 Å². The van der Waals surface area contributed by atoms with Gasteiger partial charge in [0.1, 0.15) is 5.82 Å². The van der Waals surface area contributed by atoms with E-state index >= 15 is 0 Å². The van der Waals surface area contributed by atoms with E-state index in [0.29, 0.717) is 16.2 Å². The van der Waals surface area contributed by atoms with Crippen LogP contribution in [0, 0.1) is 11.7 Å². The molecule has 0 radical (unpaired) electrons. The summed E-state index contributed by atoms with van der Waals surface area (Å²) in [5.74, 6) is -0.230. The molecule has 1 heterocycles. The first kappa shape index (κ1) is 12.6. The van der Waals surface area contributed by atoms with E-state index in [2.05, 4.69) is 5.32 Å².